The predicted octanol–water partition coefficient (Wildman–Crippen LogP) is -0.0803. The maximum atomic E-state index is 5.28. The van der Waals surface area contributed by atoms with Crippen LogP contribution in [0.3, 0.4) is 0 Å². The van der Waals surface area contributed by atoms with Crippen molar-refractivity contribution in [2.45, 2.75) is 19.4 Å². The van der Waals surface area contributed by atoms with Gasteiger partial charge in [0.2, 0.25) is 0 Å². The molecule has 1 aromatic rings. The molecule has 2 fully saturated rings. The highest BCUT2D eigenvalue weighted by molar-refractivity contribution is 5.26. The van der Waals surface area contributed by atoms with Gasteiger partial charge in [-0.25, -0.2) is 0 Å². The molecule has 1 saturated heterocycles. The molecule has 1 aliphatic carbocycles. The molecule has 1 saturated carbocycles. The van der Waals surface area contributed by atoms with Crippen LogP contribution >= 0.6 is 0 Å². The largest absolute Gasteiger partial charge is 0.378 e. The van der Waals surface area contributed by atoms with Crippen LogP contribution in [0.15, 0.2) is 0 Å². The summed E-state index contributed by atoms with van der Waals surface area (Å²) in [6.45, 7) is 4.19. The highest BCUT2D eigenvalue weighted by atomic mass is 16.5. The van der Waals surface area contributed by atoms with E-state index in [2.05, 4.69) is 20.3 Å². The van der Waals surface area contributed by atoms with Gasteiger partial charge >= 0.3 is 0 Å². The molecule has 0 atom stereocenters. The van der Waals surface area contributed by atoms with Gasteiger partial charge in [-0.2, -0.15) is 4.80 Å². The molecule has 0 aromatic carbocycles. The van der Waals surface area contributed by atoms with Gasteiger partial charge in [-0.05, 0) is 24.0 Å². The van der Waals surface area contributed by atoms with E-state index in [0.29, 0.717) is 0 Å². The number of ether oxygens (including phenoxy) is 1. The quantitative estimate of drug-likeness (QED) is 0.697. The molecule has 82 valence electrons. The third-order valence-electron chi connectivity index (χ3n) is 2.85. The zero-order chi connectivity index (χ0) is 10.1. The second-order valence-corrected chi connectivity index (χ2v) is 4.19. The van der Waals surface area contributed by atoms with Crippen LogP contribution in [-0.4, -0.2) is 46.5 Å². The van der Waals surface area contributed by atoms with Crippen LogP contribution < -0.4 is 4.90 Å². The van der Waals surface area contributed by atoms with E-state index in [1.165, 1.54) is 12.8 Å². The Bertz CT molecular complexity index is 329. The zero-order valence-electron chi connectivity index (χ0n) is 8.67. The van der Waals surface area contributed by atoms with Gasteiger partial charge in [-0.3, -0.25) is 0 Å². The number of hydrogen-bond donors (Lipinski definition) is 0. The van der Waals surface area contributed by atoms with E-state index < -0.39 is 0 Å². The number of morpholine rings is 1. The van der Waals surface area contributed by atoms with Gasteiger partial charge in [-0.15, -0.1) is 5.10 Å². The van der Waals surface area contributed by atoms with Crippen LogP contribution in [0.5, 0.6) is 0 Å². The summed E-state index contributed by atoms with van der Waals surface area (Å²) in [6.07, 6.45) is 2.63. The molecule has 0 bridgehead atoms. The lowest BCUT2D eigenvalue weighted by molar-refractivity contribution is 0.122. The molecule has 15 heavy (non-hydrogen) atoms. The summed E-state index contributed by atoms with van der Waals surface area (Å²) >= 11 is 0. The lowest BCUT2D eigenvalue weighted by Crippen LogP contribution is -2.37. The van der Waals surface area contributed by atoms with Crippen molar-refractivity contribution in [3.63, 3.8) is 0 Å². The smallest absolute Gasteiger partial charge is 0.266 e. The summed E-state index contributed by atoms with van der Waals surface area (Å²) in [5, 5.41) is 12.5. The highest BCUT2D eigenvalue weighted by Crippen LogP contribution is 2.30. The highest BCUT2D eigenvalue weighted by Gasteiger charge is 2.23. The van der Waals surface area contributed by atoms with E-state index in [9.17, 15) is 0 Å². The first kappa shape index (κ1) is 9.08. The first-order valence-electron chi connectivity index (χ1n) is 5.52. The molecule has 3 rings (SSSR count). The Labute approximate surface area is 88.2 Å². The van der Waals surface area contributed by atoms with Crippen LogP contribution in [0.1, 0.15) is 12.8 Å². The van der Waals surface area contributed by atoms with Gasteiger partial charge < -0.3 is 9.64 Å². The number of hydrogen-bond acceptors (Lipinski definition) is 5. The van der Waals surface area contributed by atoms with E-state index in [4.69, 9.17) is 4.74 Å². The van der Waals surface area contributed by atoms with Gasteiger partial charge in [0.25, 0.3) is 5.95 Å². The average molecular weight is 209 g/mol. The predicted molar refractivity (Wildman–Crippen MR) is 53.6 cm³/mol. The fourth-order valence-corrected chi connectivity index (χ4v) is 1.73. The third kappa shape index (κ3) is 2.09. The van der Waals surface area contributed by atoms with Crippen molar-refractivity contribution >= 4 is 5.95 Å². The van der Waals surface area contributed by atoms with Crippen molar-refractivity contribution in [3.8, 4) is 0 Å². The maximum absolute atomic E-state index is 5.28. The molecule has 0 amide bonds. The Morgan fingerprint density at radius 3 is 2.80 bits per heavy atom. The van der Waals surface area contributed by atoms with E-state index in [1.54, 1.807) is 4.80 Å². The second-order valence-electron chi connectivity index (χ2n) is 4.19. The summed E-state index contributed by atoms with van der Waals surface area (Å²) in [7, 11) is 0. The molecular formula is C9H15N5O. The summed E-state index contributed by atoms with van der Waals surface area (Å²) in [4.78, 5) is 3.85. The minimum absolute atomic E-state index is 0.749. The Morgan fingerprint density at radius 1 is 1.27 bits per heavy atom. The molecule has 1 aliphatic heterocycles. The van der Waals surface area contributed by atoms with E-state index in [0.717, 1.165) is 44.7 Å². The fraction of sp³-hybridized carbons (Fsp3) is 0.889. The van der Waals surface area contributed by atoms with Gasteiger partial charge in [-0.1, -0.05) is 5.10 Å². The molecule has 2 heterocycles. The van der Waals surface area contributed by atoms with Crippen molar-refractivity contribution in [2.75, 3.05) is 31.2 Å². The van der Waals surface area contributed by atoms with E-state index in [-0.39, 0.29) is 0 Å². The number of anilines is 1. The molecule has 6 nitrogen and oxygen atoms in total. The van der Waals surface area contributed by atoms with Gasteiger partial charge in [0.05, 0.1) is 19.8 Å². The van der Waals surface area contributed by atoms with E-state index in [1.807, 2.05) is 0 Å². The number of rotatable bonds is 3. The molecule has 0 spiro atoms. The van der Waals surface area contributed by atoms with Crippen LogP contribution in [0.2, 0.25) is 0 Å². The molecule has 2 aliphatic rings. The molecule has 1 aromatic heterocycles. The van der Waals surface area contributed by atoms with Crippen LogP contribution in [0.4, 0.5) is 5.95 Å². The molecule has 0 N–H and O–H groups in total. The zero-order valence-corrected chi connectivity index (χ0v) is 8.67. The monoisotopic (exact) mass is 209 g/mol. The fourth-order valence-electron chi connectivity index (χ4n) is 1.73. The number of aromatic nitrogens is 4. The Hall–Kier alpha value is -1.17. The molecular weight excluding hydrogens is 194 g/mol. The number of tetrazole rings is 1. The van der Waals surface area contributed by atoms with Gasteiger partial charge in [0.1, 0.15) is 0 Å². The van der Waals surface area contributed by atoms with Crippen LogP contribution in [-0.2, 0) is 11.3 Å². The summed E-state index contributed by atoms with van der Waals surface area (Å²) in [5.41, 5.74) is 0. The summed E-state index contributed by atoms with van der Waals surface area (Å²) < 4.78 is 5.28. The van der Waals surface area contributed by atoms with Crippen molar-refractivity contribution in [3.05, 3.63) is 0 Å². The minimum atomic E-state index is 0.749. The van der Waals surface area contributed by atoms with Gasteiger partial charge in [0.15, 0.2) is 0 Å². The van der Waals surface area contributed by atoms with Crippen molar-refractivity contribution in [1.82, 2.24) is 20.2 Å². The van der Waals surface area contributed by atoms with Gasteiger partial charge in [0, 0.05) is 13.1 Å². The summed E-state index contributed by atoms with van der Waals surface area (Å²) in [6, 6.07) is 0. The Morgan fingerprint density at radius 2 is 2.07 bits per heavy atom. The Balaban J connectivity index is 1.65. The normalized spacial score (nSPS) is 22.0. The molecule has 0 unspecified atom stereocenters. The third-order valence-corrected chi connectivity index (χ3v) is 2.85. The lowest BCUT2D eigenvalue weighted by Gasteiger charge is -2.24. The van der Waals surface area contributed by atoms with Crippen molar-refractivity contribution < 1.29 is 4.74 Å². The van der Waals surface area contributed by atoms with Crippen LogP contribution in [0, 0.1) is 5.92 Å². The number of nitrogens with zero attached hydrogens (tertiary/aromatic N) is 5. The standard InChI is InChI=1S/C9H15N5O/c1-2-8(1)7-14-11-9(10-12-14)13-3-5-15-6-4-13/h8H,1-7H2. The molecule has 6 heteroatoms. The SMILES string of the molecule is C1CN(c2nnn(CC3CC3)n2)CCO1. The van der Waals surface area contributed by atoms with E-state index >= 15 is 0 Å². The first-order chi connectivity index (χ1) is 7.42. The van der Waals surface area contributed by atoms with Crippen molar-refractivity contribution in [2.24, 2.45) is 5.92 Å². The minimum Gasteiger partial charge on any atom is -0.378 e. The maximum Gasteiger partial charge on any atom is 0.266 e. The summed E-state index contributed by atoms with van der Waals surface area (Å²) in [5.74, 6) is 1.54. The lowest BCUT2D eigenvalue weighted by atomic mass is 10.4. The topological polar surface area (TPSA) is 56.1 Å². The Kier molecular flexibility index (Phi) is 2.28. The van der Waals surface area contributed by atoms with Crippen molar-refractivity contribution in [1.29, 1.82) is 0 Å². The first-order valence-corrected chi connectivity index (χ1v) is 5.52. The van der Waals surface area contributed by atoms with Crippen LogP contribution in [0.25, 0.3) is 0 Å². The average Bonchev–Trinajstić information content (AvgIpc) is 2.96. The second kappa shape index (κ2) is 3.77. The molecule has 0 radical (unpaired) electrons.